The third-order valence-electron chi connectivity index (χ3n) is 3.05. The number of imide groups is 1. The number of hydrogen-bond donors (Lipinski definition) is 3. The fourth-order valence-corrected chi connectivity index (χ4v) is 2.65. The molecule has 1 heterocycles. The van der Waals surface area contributed by atoms with Crippen LogP contribution in [0.25, 0.3) is 0 Å². The van der Waals surface area contributed by atoms with Crippen molar-refractivity contribution in [2.24, 2.45) is 5.84 Å². The van der Waals surface area contributed by atoms with Crippen LogP contribution in [0.3, 0.4) is 0 Å². The minimum Gasteiger partial charge on any atom is -0.276 e. The number of amides is 3. The van der Waals surface area contributed by atoms with Gasteiger partial charge in [0.15, 0.2) is 0 Å². The SMILES string of the molecule is CCCCCCCCC#Cc1ccc(C(=O)NC(=O)NN)s1. The molecule has 0 fully saturated rings. The Hall–Kier alpha value is -1.84. The van der Waals surface area contributed by atoms with Crippen LogP contribution in [0.2, 0.25) is 0 Å². The second-order valence-electron chi connectivity index (χ2n) is 4.91. The van der Waals surface area contributed by atoms with E-state index in [4.69, 9.17) is 5.84 Å². The van der Waals surface area contributed by atoms with E-state index in [0.29, 0.717) is 4.88 Å². The molecule has 0 saturated heterocycles. The predicted molar refractivity (Wildman–Crippen MR) is 89.4 cm³/mol. The number of carbonyl (C=O) groups is 2. The Morgan fingerprint density at radius 3 is 2.64 bits per heavy atom. The molecule has 0 aliphatic heterocycles. The summed E-state index contributed by atoms with van der Waals surface area (Å²) < 4.78 is 0. The van der Waals surface area contributed by atoms with Gasteiger partial charge in [-0.15, -0.1) is 11.3 Å². The highest BCUT2D eigenvalue weighted by molar-refractivity contribution is 7.14. The number of hydrazine groups is 1. The smallest absolute Gasteiger partial charge is 0.276 e. The second kappa shape index (κ2) is 10.8. The zero-order valence-corrected chi connectivity index (χ0v) is 13.7. The molecule has 0 saturated carbocycles. The van der Waals surface area contributed by atoms with Crippen molar-refractivity contribution in [1.29, 1.82) is 0 Å². The summed E-state index contributed by atoms with van der Waals surface area (Å²) in [4.78, 5) is 23.9. The van der Waals surface area contributed by atoms with E-state index in [-0.39, 0.29) is 0 Å². The summed E-state index contributed by atoms with van der Waals surface area (Å²) in [5.74, 6) is 10.6. The number of hydrogen-bond acceptors (Lipinski definition) is 4. The minimum atomic E-state index is -0.728. The number of rotatable bonds is 7. The predicted octanol–water partition coefficient (Wildman–Crippen LogP) is 3.16. The molecule has 0 radical (unpaired) electrons. The van der Waals surface area contributed by atoms with Crippen LogP contribution in [0.5, 0.6) is 0 Å². The molecule has 5 nitrogen and oxygen atoms in total. The van der Waals surface area contributed by atoms with Gasteiger partial charge in [-0.1, -0.05) is 50.9 Å². The summed E-state index contributed by atoms with van der Waals surface area (Å²) in [5, 5.41) is 2.11. The van der Waals surface area contributed by atoms with Gasteiger partial charge in [0, 0.05) is 6.42 Å². The molecule has 1 aromatic heterocycles. The van der Waals surface area contributed by atoms with E-state index in [1.807, 2.05) is 5.43 Å². The molecule has 1 aromatic rings. The molecular weight excluding hydrogens is 298 g/mol. The van der Waals surface area contributed by atoms with Crippen LogP contribution in [0.15, 0.2) is 12.1 Å². The molecule has 0 spiro atoms. The highest BCUT2D eigenvalue weighted by Gasteiger charge is 2.11. The fraction of sp³-hybridized carbons (Fsp3) is 0.500. The van der Waals surface area contributed by atoms with E-state index in [0.717, 1.165) is 17.7 Å². The van der Waals surface area contributed by atoms with Gasteiger partial charge in [-0.2, -0.15) is 0 Å². The van der Waals surface area contributed by atoms with Crippen LogP contribution in [0.1, 0.15) is 66.4 Å². The van der Waals surface area contributed by atoms with Gasteiger partial charge in [-0.3, -0.25) is 15.5 Å². The van der Waals surface area contributed by atoms with Crippen molar-refractivity contribution in [3.8, 4) is 11.8 Å². The Morgan fingerprint density at radius 1 is 1.18 bits per heavy atom. The average molecular weight is 321 g/mol. The summed E-state index contributed by atoms with van der Waals surface area (Å²) in [6.45, 7) is 2.21. The molecule has 0 aliphatic carbocycles. The Balaban J connectivity index is 2.32. The van der Waals surface area contributed by atoms with E-state index in [1.165, 1.54) is 43.4 Å². The lowest BCUT2D eigenvalue weighted by molar-refractivity contribution is 0.0968. The quantitative estimate of drug-likeness (QED) is 0.237. The minimum absolute atomic E-state index is 0.437. The number of carbonyl (C=O) groups excluding carboxylic acids is 2. The maximum absolute atomic E-state index is 11.7. The standard InChI is InChI=1S/C16H23N3O2S/c1-2-3-4-5-6-7-8-9-10-13-11-12-14(22-13)15(20)18-16(21)19-17/h11-12H,2-8,17H2,1H3,(H2,18,19,20,21). The molecule has 0 aromatic carbocycles. The molecule has 0 aliphatic rings. The topological polar surface area (TPSA) is 84.2 Å². The first-order valence-corrected chi connectivity index (χ1v) is 8.39. The van der Waals surface area contributed by atoms with Crippen LogP contribution in [-0.2, 0) is 0 Å². The van der Waals surface area contributed by atoms with Crippen LogP contribution in [0, 0.1) is 11.8 Å². The lowest BCUT2D eigenvalue weighted by Gasteiger charge is -1.99. The van der Waals surface area contributed by atoms with Crippen molar-refractivity contribution < 1.29 is 9.59 Å². The first-order chi connectivity index (χ1) is 10.7. The van der Waals surface area contributed by atoms with Crippen LogP contribution < -0.4 is 16.6 Å². The number of unbranched alkanes of at least 4 members (excludes halogenated alkanes) is 6. The zero-order valence-electron chi connectivity index (χ0n) is 12.9. The van der Waals surface area contributed by atoms with Crippen molar-refractivity contribution >= 4 is 23.3 Å². The Labute approximate surface area is 135 Å². The van der Waals surface area contributed by atoms with E-state index in [9.17, 15) is 9.59 Å². The largest absolute Gasteiger partial charge is 0.335 e. The van der Waals surface area contributed by atoms with E-state index in [2.05, 4.69) is 24.1 Å². The van der Waals surface area contributed by atoms with Crippen LogP contribution in [-0.4, -0.2) is 11.9 Å². The Morgan fingerprint density at radius 2 is 1.91 bits per heavy atom. The van der Waals surface area contributed by atoms with Gasteiger partial charge in [0.1, 0.15) is 0 Å². The first kappa shape index (κ1) is 18.2. The highest BCUT2D eigenvalue weighted by Crippen LogP contribution is 2.15. The second-order valence-corrected chi connectivity index (χ2v) is 5.99. The lowest BCUT2D eigenvalue weighted by Crippen LogP contribution is -2.42. The van der Waals surface area contributed by atoms with Crippen molar-refractivity contribution in [2.45, 2.75) is 51.9 Å². The zero-order chi connectivity index (χ0) is 16.2. The summed E-state index contributed by atoms with van der Waals surface area (Å²) in [6, 6.07) is 2.71. The third kappa shape index (κ3) is 7.25. The molecule has 0 atom stereocenters. The van der Waals surface area contributed by atoms with E-state index in [1.54, 1.807) is 12.1 Å². The average Bonchev–Trinajstić information content (AvgIpc) is 2.98. The van der Waals surface area contributed by atoms with Gasteiger partial charge in [0.25, 0.3) is 5.91 Å². The van der Waals surface area contributed by atoms with Crippen molar-refractivity contribution in [3.63, 3.8) is 0 Å². The van der Waals surface area contributed by atoms with Gasteiger partial charge in [-0.05, 0) is 18.6 Å². The van der Waals surface area contributed by atoms with Crippen molar-refractivity contribution in [3.05, 3.63) is 21.9 Å². The van der Waals surface area contributed by atoms with Crippen LogP contribution in [0.4, 0.5) is 4.79 Å². The maximum Gasteiger partial charge on any atom is 0.335 e. The number of nitrogens with two attached hydrogens (primary N) is 1. The third-order valence-corrected chi connectivity index (χ3v) is 4.05. The molecule has 0 unspecified atom stereocenters. The molecule has 0 bridgehead atoms. The monoisotopic (exact) mass is 321 g/mol. The van der Waals surface area contributed by atoms with Crippen molar-refractivity contribution in [1.82, 2.24) is 10.7 Å². The van der Waals surface area contributed by atoms with E-state index < -0.39 is 11.9 Å². The summed E-state index contributed by atoms with van der Waals surface area (Å²) in [7, 11) is 0. The molecule has 6 heteroatoms. The fourth-order valence-electron chi connectivity index (χ4n) is 1.87. The molecular formula is C16H23N3O2S. The van der Waals surface area contributed by atoms with Crippen molar-refractivity contribution in [2.75, 3.05) is 0 Å². The maximum atomic E-state index is 11.7. The Kier molecular flexibility index (Phi) is 8.96. The van der Waals surface area contributed by atoms with E-state index >= 15 is 0 Å². The highest BCUT2D eigenvalue weighted by atomic mass is 32.1. The van der Waals surface area contributed by atoms with Crippen LogP contribution >= 0.6 is 11.3 Å². The van der Waals surface area contributed by atoms with Gasteiger partial charge < -0.3 is 0 Å². The van der Waals surface area contributed by atoms with Gasteiger partial charge in [0.05, 0.1) is 9.75 Å². The first-order valence-electron chi connectivity index (χ1n) is 7.58. The summed E-state index contributed by atoms with van der Waals surface area (Å²) in [5.41, 5.74) is 1.84. The lowest BCUT2D eigenvalue weighted by atomic mass is 10.1. The molecule has 22 heavy (non-hydrogen) atoms. The molecule has 3 amide bonds. The summed E-state index contributed by atoms with van der Waals surface area (Å²) >= 11 is 1.26. The summed E-state index contributed by atoms with van der Waals surface area (Å²) in [6.07, 6.45) is 8.38. The normalized spacial score (nSPS) is 9.73. The molecule has 120 valence electrons. The number of urea groups is 1. The van der Waals surface area contributed by atoms with Gasteiger partial charge in [-0.25, -0.2) is 10.6 Å². The molecule has 4 N–H and O–H groups in total. The van der Waals surface area contributed by atoms with Gasteiger partial charge >= 0.3 is 6.03 Å². The number of thiophene rings is 1. The number of nitrogens with one attached hydrogen (secondary N) is 2. The Bertz CT molecular complexity index is 543. The molecule has 1 rings (SSSR count). The van der Waals surface area contributed by atoms with Gasteiger partial charge in [0.2, 0.25) is 0 Å².